The van der Waals surface area contributed by atoms with Gasteiger partial charge in [-0.3, -0.25) is 9.11 Å². The van der Waals surface area contributed by atoms with Gasteiger partial charge < -0.3 is 9.00 Å². The molecule has 0 saturated heterocycles. The van der Waals surface area contributed by atoms with E-state index in [0.717, 1.165) is 0 Å². The molecule has 0 atom stereocenters. The normalized spacial score (nSPS) is 8.29. The minimum Gasteiger partial charge on any atom is -1.00 e. The van der Waals surface area contributed by atoms with Crippen molar-refractivity contribution in [2.45, 2.75) is 0 Å². The molecule has 7 heteroatoms. The van der Waals surface area contributed by atoms with Crippen LogP contribution in [-0.2, 0) is 20.2 Å². The first-order chi connectivity index (χ1) is 2.00. The summed E-state index contributed by atoms with van der Waals surface area (Å²) in [5, 5.41) is 0. The van der Waals surface area contributed by atoms with E-state index in [2.05, 4.69) is 11.2 Å². The maximum atomic E-state index is 9.11. The summed E-state index contributed by atoms with van der Waals surface area (Å²) in [5.41, 5.74) is 0. The van der Waals surface area contributed by atoms with Gasteiger partial charge in [0.1, 0.15) is 0 Å². The Labute approximate surface area is 79.6 Å². The molecule has 0 aromatic rings. The molecule has 0 aliphatic carbocycles. The Morgan fingerprint density at radius 2 is 1.57 bits per heavy atom. The molecule has 0 bridgehead atoms. The molecule has 0 rings (SSSR count). The molecule has 0 aliphatic heterocycles. The van der Waals surface area contributed by atoms with Crippen LogP contribution in [0.2, 0.25) is 0 Å². The van der Waals surface area contributed by atoms with E-state index in [9.17, 15) is 0 Å². The quantitative estimate of drug-likeness (QED) is 0.437. The Hall–Kier alpha value is 1.51. The van der Waals surface area contributed by atoms with Crippen LogP contribution in [0.15, 0.2) is 0 Å². The van der Waals surface area contributed by atoms with Gasteiger partial charge in [0.15, 0.2) is 0 Å². The second-order valence-corrected chi connectivity index (χ2v) is 2.65. The molecule has 0 radical (unpaired) electrons. The largest absolute Gasteiger partial charge is 2.00 e. The van der Waals surface area contributed by atoms with Crippen LogP contribution in [0.25, 0.3) is 0 Å². The molecule has 0 heterocycles. The van der Waals surface area contributed by atoms with Gasteiger partial charge in [0, 0.05) is 11.2 Å². The van der Waals surface area contributed by atoms with Gasteiger partial charge in [-0.15, -0.1) is 0 Å². The summed E-state index contributed by atoms with van der Waals surface area (Å²) in [5.74, 6) is 0. The molecule has 0 fully saturated rings. The predicted octanol–water partition coefficient (Wildman–Crippen LogP) is -0.315. The van der Waals surface area contributed by atoms with Crippen LogP contribution in [0.5, 0.6) is 0 Å². The first kappa shape index (κ1) is 15.8. The molecule has 4 nitrogen and oxygen atoms in total. The van der Waals surface area contributed by atoms with E-state index in [1.54, 1.807) is 0 Å². The van der Waals surface area contributed by atoms with Crippen LogP contribution in [-0.4, -0.2) is 51.1 Å². The number of hydrogen-bond acceptors (Lipinski definition) is 3. The summed E-state index contributed by atoms with van der Waals surface area (Å²) >= 11 is 3.47. The minimum absolute atomic E-state index is 0. The van der Waals surface area contributed by atoms with E-state index in [1.807, 2.05) is 0 Å². The van der Waals surface area contributed by atoms with Crippen LogP contribution in [0.4, 0.5) is 0 Å². The minimum atomic E-state index is -3.83. The zero-order chi connectivity index (χ0) is 4.50. The second kappa shape index (κ2) is 5.64. The second-order valence-electron chi connectivity index (χ2n) is 0.448. The molecule has 0 aromatic heterocycles. The maximum absolute atomic E-state index is 9.11. The number of rotatable bonds is 0. The average molecular weight is 173 g/mol. The third-order valence-corrected chi connectivity index (χ3v) is 0. The van der Waals surface area contributed by atoms with Crippen LogP contribution >= 0.6 is 0 Å². The molecule has 0 spiro atoms. The topological polar surface area (TPSA) is 92.5 Å². The molecule has 0 amide bonds. The molecular formula is H7CaNO3S2. The SMILES string of the molecule is N.O=S(O)(O)=S.[Ca+2].[H-].[H-]. The van der Waals surface area contributed by atoms with Gasteiger partial charge in [-0.1, -0.05) is 0 Å². The summed E-state index contributed by atoms with van der Waals surface area (Å²) in [4.78, 5) is 0. The first-order valence-corrected chi connectivity index (χ1v) is 3.10. The van der Waals surface area contributed by atoms with Crippen molar-refractivity contribution in [1.82, 2.24) is 6.15 Å². The fraction of sp³-hybridized carbons (Fsp3) is 0. The first-order valence-electron chi connectivity index (χ1n) is 0.698. The summed E-state index contributed by atoms with van der Waals surface area (Å²) in [6.07, 6.45) is 0. The molecule has 0 unspecified atom stereocenters. The Kier molecular flexibility index (Phi) is 12.7. The van der Waals surface area contributed by atoms with Crippen molar-refractivity contribution < 1.29 is 16.2 Å². The standard InChI is InChI=1S/Ca.H3N.H2O3S2.2H/c;;1-5(2,3)4;;/h;1H3;(H2,1,2,3,4);;/q+2;;;2*-1. The van der Waals surface area contributed by atoms with Crippen LogP contribution in [0.3, 0.4) is 0 Å². The molecule has 0 saturated carbocycles. The van der Waals surface area contributed by atoms with Crippen molar-refractivity contribution in [1.29, 1.82) is 0 Å². The summed E-state index contributed by atoms with van der Waals surface area (Å²) in [6, 6.07) is 0. The zero-order valence-corrected chi connectivity index (χ0v) is 7.37. The predicted molar refractivity (Wildman–Crippen MR) is 33.8 cm³/mol. The van der Waals surface area contributed by atoms with Crippen molar-refractivity contribution in [2.24, 2.45) is 0 Å². The van der Waals surface area contributed by atoms with E-state index >= 15 is 0 Å². The third-order valence-electron chi connectivity index (χ3n) is 0. The van der Waals surface area contributed by atoms with Gasteiger partial charge in [-0.25, -0.2) is 0 Å². The Balaban J connectivity index is -0.0000000133. The third kappa shape index (κ3) is 100. The summed E-state index contributed by atoms with van der Waals surface area (Å²) in [6.45, 7) is 0. The van der Waals surface area contributed by atoms with Gasteiger partial charge in [0.05, 0.1) is 0 Å². The van der Waals surface area contributed by atoms with E-state index in [1.165, 1.54) is 0 Å². The summed E-state index contributed by atoms with van der Waals surface area (Å²) in [7, 11) is -3.83. The van der Waals surface area contributed by atoms with E-state index < -0.39 is 9.05 Å². The van der Waals surface area contributed by atoms with Crippen LogP contribution in [0, 0.1) is 0 Å². The van der Waals surface area contributed by atoms with Crippen molar-refractivity contribution in [3.63, 3.8) is 0 Å². The fourth-order valence-electron chi connectivity index (χ4n) is 0. The van der Waals surface area contributed by atoms with Crippen molar-refractivity contribution in [3.8, 4) is 0 Å². The van der Waals surface area contributed by atoms with Crippen molar-refractivity contribution >= 4 is 58.0 Å². The van der Waals surface area contributed by atoms with Crippen molar-refractivity contribution in [2.75, 3.05) is 0 Å². The van der Waals surface area contributed by atoms with Gasteiger partial charge in [0.2, 0.25) is 0 Å². The van der Waals surface area contributed by atoms with Crippen molar-refractivity contribution in [3.05, 3.63) is 0 Å². The Bertz CT molecular complexity index is 103. The van der Waals surface area contributed by atoms with Gasteiger partial charge in [-0.2, -0.15) is 4.21 Å². The smallest absolute Gasteiger partial charge is 1.00 e. The fourth-order valence-corrected chi connectivity index (χ4v) is 0. The Morgan fingerprint density at radius 1 is 1.57 bits per heavy atom. The van der Waals surface area contributed by atoms with Gasteiger partial charge in [0.25, 0.3) is 9.05 Å². The monoisotopic (exact) mass is 173 g/mol. The van der Waals surface area contributed by atoms with Crippen LogP contribution in [0.1, 0.15) is 2.85 Å². The average Bonchev–Trinajstić information content (AvgIpc) is 0.722. The van der Waals surface area contributed by atoms with E-state index in [4.69, 9.17) is 13.3 Å². The molecular weight excluding hydrogens is 166 g/mol. The summed E-state index contributed by atoms with van der Waals surface area (Å²) < 4.78 is 24.0. The Morgan fingerprint density at radius 3 is 1.57 bits per heavy atom. The van der Waals surface area contributed by atoms with Gasteiger partial charge >= 0.3 is 37.7 Å². The van der Waals surface area contributed by atoms with Gasteiger partial charge in [-0.05, 0) is 0 Å². The number of hydrogen-bond donors (Lipinski definition) is 3. The van der Waals surface area contributed by atoms with E-state index in [0.29, 0.717) is 0 Å². The molecule has 7 heavy (non-hydrogen) atoms. The van der Waals surface area contributed by atoms with E-state index in [-0.39, 0.29) is 46.7 Å². The molecule has 44 valence electrons. The molecule has 0 aliphatic rings. The van der Waals surface area contributed by atoms with Crippen LogP contribution < -0.4 is 6.15 Å². The molecule has 5 N–H and O–H groups in total. The maximum Gasteiger partial charge on any atom is 2.00 e. The zero-order valence-electron chi connectivity index (χ0n) is 5.53. The molecule has 0 aromatic carbocycles.